The number of carbonyl (C=O) groups is 1. The number of benzene rings is 1. The maximum atomic E-state index is 12.4. The average Bonchev–Trinajstić information content (AvgIpc) is 2.71. The quantitative estimate of drug-likeness (QED) is 0.613. The average molecular weight is 379 g/mol. The van der Waals surface area contributed by atoms with Crippen molar-refractivity contribution in [3.05, 3.63) is 87.1 Å². The number of carbonyl (C=O) groups excluding carboxylic acids is 1. The van der Waals surface area contributed by atoms with Crippen molar-refractivity contribution in [3.8, 4) is 5.75 Å². The van der Waals surface area contributed by atoms with E-state index in [9.17, 15) is 9.59 Å². The second-order valence-electron chi connectivity index (χ2n) is 6.34. The SMILES string of the molecule is Cc1nn(C)c(=O)c(C(=O)OCc2ccc(OCc3ccccn3)cc2)c1C. The summed E-state index contributed by atoms with van der Waals surface area (Å²) in [4.78, 5) is 28.8. The molecule has 0 aliphatic heterocycles. The third-order valence-corrected chi connectivity index (χ3v) is 4.34. The highest BCUT2D eigenvalue weighted by molar-refractivity contribution is 5.90. The van der Waals surface area contributed by atoms with Gasteiger partial charge >= 0.3 is 5.97 Å². The van der Waals surface area contributed by atoms with Crippen molar-refractivity contribution < 1.29 is 14.3 Å². The van der Waals surface area contributed by atoms with Gasteiger partial charge in [-0.2, -0.15) is 5.10 Å². The fourth-order valence-electron chi connectivity index (χ4n) is 2.63. The molecule has 0 aliphatic carbocycles. The molecule has 0 spiro atoms. The molecule has 2 aromatic heterocycles. The summed E-state index contributed by atoms with van der Waals surface area (Å²) in [6.45, 7) is 3.87. The number of hydrogen-bond donors (Lipinski definition) is 0. The first-order chi connectivity index (χ1) is 13.5. The molecule has 0 fully saturated rings. The van der Waals surface area contributed by atoms with Gasteiger partial charge in [-0.25, -0.2) is 9.48 Å². The minimum atomic E-state index is -0.654. The van der Waals surface area contributed by atoms with Gasteiger partial charge in [0.05, 0.1) is 11.4 Å². The lowest BCUT2D eigenvalue weighted by Gasteiger charge is -2.10. The van der Waals surface area contributed by atoms with E-state index >= 15 is 0 Å². The van der Waals surface area contributed by atoms with Gasteiger partial charge in [0.1, 0.15) is 24.5 Å². The first-order valence-electron chi connectivity index (χ1n) is 8.79. The van der Waals surface area contributed by atoms with Crippen LogP contribution < -0.4 is 10.3 Å². The van der Waals surface area contributed by atoms with Crippen LogP contribution in [0.5, 0.6) is 5.75 Å². The van der Waals surface area contributed by atoms with E-state index in [4.69, 9.17) is 9.47 Å². The Bertz CT molecular complexity index is 1030. The van der Waals surface area contributed by atoms with Crippen LogP contribution in [0.15, 0.2) is 53.5 Å². The zero-order valence-electron chi connectivity index (χ0n) is 16.0. The zero-order valence-corrected chi connectivity index (χ0v) is 16.0. The van der Waals surface area contributed by atoms with Crippen LogP contribution in [0.1, 0.15) is 32.9 Å². The summed E-state index contributed by atoms with van der Waals surface area (Å²) in [6, 6.07) is 12.9. The molecule has 0 unspecified atom stereocenters. The number of aromatic nitrogens is 3. The van der Waals surface area contributed by atoms with Gasteiger partial charge in [0, 0.05) is 13.2 Å². The van der Waals surface area contributed by atoms with Gasteiger partial charge in [-0.05, 0) is 49.2 Å². The number of hydrogen-bond acceptors (Lipinski definition) is 6. The second kappa shape index (κ2) is 8.47. The number of nitrogens with zero attached hydrogens (tertiary/aromatic N) is 3. The number of ether oxygens (including phenoxy) is 2. The van der Waals surface area contributed by atoms with E-state index in [1.54, 1.807) is 32.2 Å². The summed E-state index contributed by atoms with van der Waals surface area (Å²) >= 11 is 0. The second-order valence-corrected chi connectivity index (χ2v) is 6.34. The molecule has 3 rings (SSSR count). The first kappa shape index (κ1) is 19.3. The van der Waals surface area contributed by atoms with Crippen LogP contribution in [0.4, 0.5) is 0 Å². The van der Waals surface area contributed by atoms with Gasteiger partial charge in [-0.3, -0.25) is 9.78 Å². The van der Waals surface area contributed by atoms with E-state index in [0.29, 0.717) is 23.6 Å². The predicted octanol–water partition coefficient (Wildman–Crippen LogP) is 2.73. The smallest absolute Gasteiger partial charge is 0.344 e. The largest absolute Gasteiger partial charge is 0.487 e. The maximum absolute atomic E-state index is 12.4. The highest BCUT2D eigenvalue weighted by Gasteiger charge is 2.19. The molecule has 0 amide bonds. The van der Waals surface area contributed by atoms with Crippen LogP contribution >= 0.6 is 0 Å². The molecule has 7 nitrogen and oxygen atoms in total. The number of pyridine rings is 1. The molecule has 0 aliphatic rings. The molecule has 1 aromatic carbocycles. The molecule has 0 saturated heterocycles. The predicted molar refractivity (Wildman–Crippen MR) is 103 cm³/mol. The molecule has 0 N–H and O–H groups in total. The van der Waals surface area contributed by atoms with Gasteiger partial charge in [0.25, 0.3) is 5.56 Å². The highest BCUT2D eigenvalue weighted by Crippen LogP contribution is 2.15. The van der Waals surface area contributed by atoms with Crippen LogP contribution in [-0.2, 0) is 25.0 Å². The number of esters is 1. The molecule has 144 valence electrons. The van der Waals surface area contributed by atoms with E-state index < -0.39 is 11.5 Å². The van der Waals surface area contributed by atoms with Crippen molar-refractivity contribution in [2.24, 2.45) is 7.05 Å². The van der Waals surface area contributed by atoms with Gasteiger partial charge in [0.15, 0.2) is 0 Å². The van der Waals surface area contributed by atoms with E-state index in [2.05, 4.69) is 10.1 Å². The number of aryl methyl sites for hydroxylation is 2. The minimum Gasteiger partial charge on any atom is -0.487 e. The Morgan fingerprint density at radius 3 is 2.50 bits per heavy atom. The molecule has 0 radical (unpaired) electrons. The molecular formula is C21H21N3O4. The topological polar surface area (TPSA) is 83.3 Å². The fourth-order valence-corrected chi connectivity index (χ4v) is 2.63. The van der Waals surface area contributed by atoms with Crippen molar-refractivity contribution in [1.29, 1.82) is 0 Å². The first-order valence-corrected chi connectivity index (χ1v) is 8.79. The Morgan fingerprint density at radius 2 is 1.82 bits per heavy atom. The minimum absolute atomic E-state index is 0.0188. The standard InChI is InChI=1S/C21H21N3O4/c1-14-15(2)23-24(3)20(25)19(14)21(26)28-12-16-7-9-18(10-8-16)27-13-17-6-4-5-11-22-17/h4-11H,12-13H2,1-3H3. The Morgan fingerprint density at radius 1 is 1.07 bits per heavy atom. The summed E-state index contributed by atoms with van der Waals surface area (Å²) in [5.74, 6) is 0.0364. The van der Waals surface area contributed by atoms with Crippen LogP contribution in [0, 0.1) is 13.8 Å². The van der Waals surface area contributed by atoms with Gasteiger partial charge in [-0.1, -0.05) is 18.2 Å². The van der Waals surface area contributed by atoms with Crippen molar-refractivity contribution >= 4 is 5.97 Å². The van der Waals surface area contributed by atoms with Crippen molar-refractivity contribution in [2.45, 2.75) is 27.1 Å². The van der Waals surface area contributed by atoms with Crippen LogP contribution in [0.2, 0.25) is 0 Å². The van der Waals surface area contributed by atoms with E-state index in [1.165, 1.54) is 7.05 Å². The maximum Gasteiger partial charge on any atom is 0.344 e. The van der Waals surface area contributed by atoms with Gasteiger partial charge < -0.3 is 9.47 Å². The number of rotatable bonds is 6. The van der Waals surface area contributed by atoms with Crippen LogP contribution in [0.25, 0.3) is 0 Å². The summed E-state index contributed by atoms with van der Waals surface area (Å²) in [5.41, 5.74) is 2.33. The van der Waals surface area contributed by atoms with Gasteiger partial charge in [-0.15, -0.1) is 0 Å². The lowest BCUT2D eigenvalue weighted by atomic mass is 10.1. The Kier molecular flexibility index (Phi) is 5.84. The monoisotopic (exact) mass is 379 g/mol. The third kappa shape index (κ3) is 4.43. The van der Waals surface area contributed by atoms with Crippen molar-refractivity contribution in [2.75, 3.05) is 0 Å². The van der Waals surface area contributed by atoms with E-state index in [-0.39, 0.29) is 12.2 Å². The third-order valence-electron chi connectivity index (χ3n) is 4.34. The fraction of sp³-hybridized carbons (Fsp3) is 0.238. The molecule has 0 bridgehead atoms. The summed E-state index contributed by atoms with van der Waals surface area (Å²) in [5, 5.41) is 4.06. The van der Waals surface area contributed by atoms with E-state index in [1.807, 2.05) is 30.3 Å². The Hall–Kier alpha value is -3.48. The highest BCUT2D eigenvalue weighted by atomic mass is 16.5. The van der Waals surface area contributed by atoms with Gasteiger partial charge in [0.2, 0.25) is 0 Å². The molecular weight excluding hydrogens is 358 g/mol. The van der Waals surface area contributed by atoms with Crippen LogP contribution in [-0.4, -0.2) is 20.7 Å². The normalized spacial score (nSPS) is 10.5. The lowest BCUT2D eigenvalue weighted by Crippen LogP contribution is -2.29. The van der Waals surface area contributed by atoms with Crippen molar-refractivity contribution in [1.82, 2.24) is 14.8 Å². The van der Waals surface area contributed by atoms with Crippen molar-refractivity contribution in [3.63, 3.8) is 0 Å². The van der Waals surface area contributed by atoms with Crippen LogP contribution in [0.3, 0.4) is 0 Å². The Balaban J connectivity index is 1.61. The molecule has 28 heavy (non-hydrogen) atoms. The molecule has 3 aromatic rings. The molecule has 2 heterocycles. The summed E-state index contributed by atoms with van der Waals surface area (Å²) in [6.07, 6.45) is 1.72. The molecule has 0 saturated carbocycles. The molecule has 0 atom stereocenters. The lowest BCUT2D eigenvalue weighted by molar-refractivity contribution is 0.0468. The molecule has 7 heteroatoms. The summed E-state index contributed by atoms with van der Waals surface area (Å²) in [7, 11) is 1.51. The van der Waals surface area contributed by atoms with E-state index in [0.717, 1.165) is 15.9 Å². The zero-order chi connectivity index (χ0) is 20.1. The Labute approximate surface area is 162 Å². The summed E-state index contributed by atoms with van der Waals surface area (Å²) < 4.78 is 12.1.